The first-order valence-corrected chi connectivity index (χ1v) is 5.05. The number of rotatable bonds is 1. The Hall–Kier alpha value is -1.29. The van der Waals surface area contributed by atoms with Gasteiger partial charge in [0.15, 0.2) is 17.5 Å². The largest absolute Gasteiger partial charge is 0.250 e. The summed E-state index contributed by atoms with van der Waals surface area (Å²) in [5.74, 6) is -4.09. The second-order valence-electron chi connectivity index (χ2n) is 3.33. The molecular formula is C11H7ClF3N. The maximum absolute atomic E-state index is 13.4. The van der Waals surface area contributed by atoms with E-state index in [4.69, 9.17) is 11.6 Å². The second-order valence-corrected chi connectivity index (χ2v) is 3.74. The summed E-state index contributed by atoms with van der Waals surface area (Å²) in [7, 11) is 0. The second kappa shape index (κ2) is 3.94. The molecule has 1 aromatic carbocycles. The molecule has 0 N–H and O–H groups in total. The molecule has 1 nitrogen and oxygen atoms in total. The minimum absolute atomic E-state index is 0.0790. The van der Waals surface area contributed by atoms with Crippen molar-refractivity contribution in [2.24, 2.45) is 0 Å². The van der Waals surface area contributed by atoms with Gasteiger partial charge in [0.05, 0.1) is 5.02 Å². The smallest absolute Gasteiger partial charge is 0.196 e. The Balaban J connectivity index is 2.90. The summed E-state index contributed by atoms with van der Waals surface area (Å²) in [6, 6.07) is 2.36. The first-order chi connectivity index (χ1) is 7.54. The fraction of sp³-hybridized carbons (Fsp3) is 0.182. The first-order valence-electron chi connectivity index (χ1n) is 4.67. The van der Waals surface area contributed by atoms with E-state index in [1.165, 1.54) is 6.07 Å². The van der Waals surface area contributed by atoms with Gasteiger partial charge in [0.2, 0.25) is 0 Å². The highest BCUT2D eigenvalue weighted by molar-refractivity contribution is 6.35. The number of hydrogen-bond donors (Lipinski definition) is 0. The molecule has 0 aliphatic rings. The Morgan fingerprint density at radius 3 is 2.50 bits per heavy atom. The Labute approximate surface area is 94.9 Å². The van der Waals surface area contributed by atoms with E-state index in [9.17, 15) is 13.2 Å². The highest BCUT2D eigenvalue weighted by Crippen LogP contribution is 2.28. The van der Waals surface area contributed by atoms with Crippen LogP contribution in [-0.4, -0.2) is 4.98 Å². The average Bonchev–Trinajstić information content (AvgIpc) is 2.27. The van der Waals surface area contributed by atoms with E-state index in [-0.39, 0.29) is 15.9 Å². The number of fused-ring (bicyclic) bond motifs is 1. The predicted octanol–water partition coefficient (Wildman–Crippen LogP) is 3.87. The van der Waals surface area contributed by atoms with Gasteiger partial charge >= 0.3 is 0 Å². The van der Waals surface area contributed by atoms with Gasteiger partial charge in [0, 0.05) is 11.1 Å². The molecule has 0 atom stereocenters. The van der Waals surface area contributed by atoms with Gasteiger partial charge in [0.1, 0.15) is 5.52 Å². The van der Waals surface area contributed by atoms with Gasteiger partial charge in [-0.2, -0.15) is 0 Å². The molecule has 1 aromatic heterocycles. The maximum Gasteiger partial charge on any atom is 0.196 e. The zero-order chi connectivity index (χ0) is 11.9. The lowest BCUT2D eigenvalue weighted by Gasteiger charge is -2.05. The Kier molecular flexibility index (Phi) is 2.76. The minimum atomic E-state index is -1.52. The van der Waals surface area contributed by atoms with E-state index in [2.05, 4.69) is 4.98 Å². The molecule has 16 heavy (non-hydrogen) atoms. The molecule has 5 heteroatoms. The van der Waals surface area contributed by atoms with Crippen molar-refractivity contribution in [2.45, 2.75) is 13.3 Å². The summed E-state index contributed by atoms with van der Waals surface area (Å²) >= 11 is 5.84. The van der Waals surface area contributed by atoms with Crippen molar-refractivity contribution < 1.29 is 13.2 Å². The molecule has 1 heterocycles. The summed E-state index contributed by atoms with van der Waals surface area (Å²) in [4.78, 5) is 3.89. The minimum Gasteiger partial charge on any atom is -0.250 e. The normalized spacial score (nSPS) is 11.1. The number of aromatic nitrogens is 1. The van der Waals surface area contributed by atoms with E-state index >= 15 is 0 Å². The molecule has 0 amide bonds. The van der Waals surface area contributed by atoms with Crippen molar-refractivity contribution in [2.75, 3.05) is 0 Å². The number of hydrogen-bond acceptors (Lipinski definition) is 1. The monoisotopic (exact) mass is 245 g/mol. The molecule has 2 aromatic rings. The van der Waals surface area contributed by atoms with Crippen LogP contribution in [0, 0.1) is 17.5 Å². The molecule has 84 valence electrons. The quantitative estimate of drug-likeness (QED) is 0.695. The lowest BCUT2D eigenvalue weighted by Crippen LogP contribution is -1.97. The van der Waals surface area contributed by atoms with Gasteiger partial charge in [-0.3, -0.25) is 0 Å². The molecule has 0 unspecified atom stereocenters. The molecule has 0 bridgehead atoms. The van der Waals surface area contributed by atoms with Gasteiger partial charge in [-0.15, -0.1) is 0 Å². The fourth-order valence-electron chi connectivity index (χ4n) is 1.46. The molecule has 0 aliphatic carbocycles. The van der Waals surface area contributed by atoms with E-state index < -0.39 is 17.5 Å². The molecule has 0 aliphatic heterocycles. The van der Waals surface area contributed by atoms with Crippen molar-refractivity contribution in [1.29, 1.82) is 0 Å². The van der Waals surface area contributed by atoms with Crippen molar-refractivity contribution >= 4 is 22.5 Å². The molecular weight excluding hydrogens is 239 g/mol. The maximum atomic E-state index is 13.4. The fourth-order valence-corrected chi connectivity index (χ4v) is 1.73. The molecule has 0 fully saturated rings. The van der Waals surface area contributed by atoms with Gasteiger partial charge in [-0.25, -0.2) is 18.2 Å². The third-order valence-electron chi connectivity index (χ3n) is 2.30. The summed E-state index contributed by atoms with van der Waals surface area (Å²) in [5, 5.41) is 0.245. The lowest BCUT2D eigenvalue weighted by molar-refractivity contribution is 0.452. The van der Waals surface area contributed by atoms with Crippen LogP contribution in [0.15, 0.2) is 12.1 Å². The molecule has 2 rings (SSSR count). The molecule has 0 spiro atoms. The van der Waals surface area contributed by atoms with E-state index in [0.717, 1.165) is 6.07 Å². The van der Waals surface area contributed by atoms with Crippen molar-refractivity contribution in [3.8, 4) is 0 Å². The number of aryl methyl sites for hydroxylation is 1. The lowest BCUT2D eigenvalue weighted by atomic mass is 10.1. The third-order valence-corrected chi connectivity index (χ3v) is 2.62. The van der Waals surface area contributed by atoms with Gasteiger partial charge in [0.25, 0.3) is 0 Å². The average molecular weight is 246 g/mol. The van der Waals surface area contributed by atoms with Crippen molar-refractivity contribution in [1.82, 2.24) is 4.98 Å². The first kappa shape index (κ1) is 11.2. The molecule has 0 saturated carbocycles. The van der Waals surface area contributed by atoms with Crippen LogP contribution in [0.1, 0.15) is 12.6 Å². The van der Waals surface area contributed by atoms with Crippen molar-refractivity contribution in [3.05, 3.63) is 40.3 Å². The number of nitrogens with zero attached hydrogens (tertiary/aromatic N) is 1. The zero-order valence-corrected chi connectivity index (χ0v) is 9.08. The van der Waals surface area contributed by atoms with Crippen LogP contribution in [0.4, 0.5) is 13.2 Å². The van der Waals surface area contributed by atoms with Crippen LogP contribution in [0.5, 0.6) is 0 Å². The zero-order valence-electron chi connectivity index (χ0n) is 8.32. The van der Waals surface area contributed by atoms with Gasteiger partial charge in [-0.1, -0.05) is 18.5 Å². The van der Waals surface area contributed by atoms with E-state index in [0.29, 0.717) is 12.1 Å². The van der Waals surface area contributed by atoms with Crippen LogP contribution in [-0.2, 0) is 6.42 Å². The van der Waals surface area contributed by atoms with E-state index in [1.54, 1.807) is 0 Å². The standard InChI is InChI=1S/C11H7ClF3N/c1-2-5-3-7(12)6-4-8(13)9(14)10(15)11(6)16-5/h3-4H,2H2,1H3. The number of halogens is 4. The van der Waals surface area contributed by atoms with Crippen LogP contribution in [0.25, 0.3) is 10.9 Å². The predicted molar refractivity (Wildman–Crippen MR) is 56.0 cm³/mol. The van der Waals surface area contributed by atoms with Crippen LogP contribution < -0.4 is 0 Å². The third kappa shape index (κ3) is 1.63. The Morgan fingerprint density at radius 1 is 1.19 bits per heavy atom. The molecule has 0 radical (unpaired) electrons. The summed E-state index contributed by atoms with van der Waals surface area (Å²) in [6.07, 6.45) is 0.536. The van der Waals surface area contributed by atoms with Crippen LogP contribution in [0.2, 0.25) is 5.02 Å². The van der Waals surface area contributed by atoms with Crippen molar-refractivity contribution in [3.63, 3.8) is 0 Å². The highest BCUT2D eigenvalue weighted by atomic mass is 35.5. The highest BCUT2D eigenvalue weighted by Gasteiger charge is 2.16. The summed E-state index contributed by atoms with van der Waals surface area (Å²) in [6.45, 7) is 1.81. The summed E-state index contributed by atoms with van der Waals surface area (Å²) in [5.41, 5.74) is 0.297. The van der Waals surface area contributed by atoms with Crippen LogP contribution in [0.3, 0.4) is 0 Å². The van der Waals surface area contributed by atoms with Gasteiger partial charge < -0.3 is 0 Å². The topological polar surface area (TPSA) is 12.9 Å². The Bertz CT molecular complexity index is 569. The number of pyridine rings is 1. The van der Waals surface area contributed by atoms with E-state index in [1.807, 2.05) is 6.92 Å². The van der Waals surface area contributed by atoms with Crippen LogP contribution >= 0.6 is 11.6 Å². The summed E-state index contributed by atoms with van der Waals surface area (Å²) < 4.78 is 39.4. The number of benzene rings is 1. The molecule has 0 saturated heterocycles. The van der Waals surface area contributed by atoms with Gasteiger partial charge in [-0.05, 0) is 18.6 Å². The Morgan fingerprint density at radius 2 is 1.88 bits per heavy atom. The SMILES string of the molecule is CCc1cc(Cl)c2cc(F)c(F)c(F)c2n1.